The zero-order valence-electron chi connectivity index (χ0n) is 20.0. The lowest BCUT2D eigenvalue weighted by molar-refractivity contribution is -0.147. The number of benzene rings is 2. The Morgan fingerprint density at radius 3 is 1.86 bits per heavy atom. The lowest BCUT2D eigenvalue weighted by Gasteiger charge is -2.20. The summed E-state index contributed by atoms with van der Waals surface area (Å²) in [6.45, 7) is 0.933. The van der Waals surface area contributed by atoms with Gasteiger partial charge in [-0.3, -0.25) is 19.2 Å². The van der Waals surface area contributed by atoms with Gasteiger partial charge < -0.3 is 30.2 Å². The predicted molar refractivity (Wildman–Crippen MR) is 127 cm³/mol. The van der Waals surface area contributed by atoms with Crippen LogP contribution in [0.15, 0.2) is 60.7 Å². The van der Waals surface area contributed by atoms with E-state index in [2.05, 4.69) is 20.7 Å². The van der Waals surface area contributed by atoms with Crippen LogP contribution in [0.25, 0.3) is 0 Å². The first kappa shape index (κ1) is 27.8. The number of rotatable bonds is 12. The molecule has 0 bridgehead atoms. The maximum Gasteiger partial charge on any atom is 0.408 e. The zero-order chi connectivity index (χ0) is 26.3. The summed E-state index contributed by atoms with van der Waals surface area (Å²) >= 11 is 0. The van der Waals surface area contributed by atoms with Gasteiger partial charge in [0.2, 0.25) is 11.8 Å². The molecule has 0 aromatic heterocycles. The molecule has 0 saturated carbocycles. The highest BCUT2D eigenvalue weighted by Gasteiger charge is 2.28. The lowest BCUT2D eigenvalue weighted by Crippen LogP contribution is -2.53. The van der Waals surface area contributed by atoms with Crippen LogP contribution in [0.5, 0.6) is 0 Å². The van der Waals surface area contributed by atoms with Gasteiger partial charge in [0, 0.05) is 0 Å². The Morgan fingerprint density at radius 2 is 1.31 bits per heavy atom. The molecular formula is C25H29N3O8. The van der Waals surface area contributed by atoms with E-state index >= 15 is 0 Å². The van der Waals surface area contributed by atoms with Crippen molar-refractivity contribution in [2.24, 2.45) is 0 Å². The van der Waals surface area contributed by atoms with E-state index in [4.69, 9.17) is 9.47 Å². The van der Waals surface area contributed by atoms with Gasteiger partial charge in [0.05, 0.1) is 13.5 Å². The summed E-state index contributed by atoms with van der Waals surface area (Å²) in [4.78, 5) is 60.9. The fourth-order valence-corrected chi connectivity index (χ4v) is 2.84. The van der Waals surface area contributed by atoms with E-state index in [-0.39, 0.29) is 19.8 Å². The Bertz CT molecular complexity index is 973. The minimum absolute atomic E-state index is 0.0151. The van der Waals surface area contributed by atoms with Gasteiger partial charge in [0.15, 0.2) is 0 Å². The molecule has 192 valence electrons. The third-order valence-corrected chi connectivity index (χ3v) is 4.82. The van der Waals surface area contributed by atoms with Crippen LogP contribution in [0.3, 0.4) is 0 Å². The average Bonchev–Trinajstić information content (AvgIpc) is 2.89. The van der Waals surface area contributed by atoms with Crippen molar-refractivity contribution in [1.82, 2.24) is 16.0 Å². The third-order valence-electron chi connectivity index (χ3n) is 4.82. The van der Waals surface area contributed by atoms with Gasteiger partial charge in [0.1, 0.15) is 31.8 Å². The number of carbonyl (C=O) groups excluding carboxylic acids is 5. The molecule has 2 aromatic rings. The first-order valence-electron chi connectivity index (χ1n) is 11.1. The number of nitrogens with one attached hydrogen (secondary N) is 3. The molecule has 0 spiro atoms. The van der Waals surface area contributed by atoms with Crippen molar-refractivity contribution < 1.29 is 38.2 Å². The second-order valence-electron chi connectivity index (χ2n) is 7.63. The number of carbonyl (C=O) groups is 5. The number of esters is 2. The minimum atomic E-state index is -1.38. The van der Waals surface area contributed by atoms with Crippen LogP contribution in [0, 0.1) is 0 Å². The number of hydrogen-bond donors (Lipinski definition) is 3. The molecule has 0 radical (unpaired) electrons. The van der Waals surface area contributed by atoms with Crippen molar-refractivity contribution >= 4 is 29.8 Å². The zero-order valence-corrected chi connectivity index (χ0v) is 20.0. The van der Waals surface area contributed by atoms with Gasteiger partial charge in [-0.05, 0) is 18.1 Å². The summed E-state index contributed by atoms with van der Waals surface area (Å²) < 4.78 is 14.8. The maximum atomic E-state index is 12.8. The third kappa shape index (κ3) is 10.2. The molecule has 0 saturated heterocycles. The monoisotopic (exact) mass is 499 g/mol. The molecule has 0 aliphatic carbocycles. The van der Waals surface area contributed by atoms with E-state index in [1.54, 1.807) is 48.5 Å². The highest BCUT2D eigenvalue weighted by molar-refractivity contribution is 5.94. The molecule has 2 aromatic carbocycles. The van der Waals surface area contributed by atoms with Crippen LogP contribution in [-0.2, 0) is 46.6 Å². The fraction of sp³-hybridized carbons (Fsp3) is 0.320. The number of alkyl carbamates (subject to hydrolysis) is 1. The molecule has 3 N–H and O–H groups in total. The smallest absolute Gasteiger partial charge is 0.408 e. The Kier molecular flexibility index (Phi) is 11.4. The summed E-state index contributed by atoms with van der Waals surface area (Å²) in [5, 5.41) is 7.04. The normalized spacial score (nSPS) is 11.8. The summed E-state index contributed by atoms with van der Waals surface area (Å²) in [6.07, 6.45) is -1.44. The minimum Gasteiger partial charge on any atom is -0.468 e. The maximum absolute atomic E-state index is 12.8. The van der Waals surface area contributed by atoms with Gasteiger partial charge in [0.25, 0.3) is 0 Å². The van der Waals surface area contributed by atoms with E-state index in [0.717, 1.165) is 11.1 Å². The summed E-state index contributed by atoms with van der Waals surface area (Å²) in [5.74, 6) is -2.89. The molecule has 0 aliphatic rings. The van der Waals surface area contributed by atoms with Gasteiger partial charge in [-0.15, -0.1) is 0 Å². The Labute approximate surface area is 208 Å². The van der Waals surface area contributed by atoms with Crippen molar-refractivity contribution in [3.8, 4) is 0 Å². The Balaban J connectivity index is 1.98. The topological polar surface area (TPSA) is 149 Å². The van der Waals surface area contributed by atoms with Crippen LogP contribution in [-0.4, -0.2) is 55.6 Å². The molecule has 0 fully saturated rings. The first-order chi connectivity index (χ1) is 17.3. The van der Waals surface area contributed by atoms with E-state index in [1.165, 1.54) is 14.0 Å². The second-order valence-corrected chi connectivity index (χ2v) is 7.63. The largest absolute Gasteiger partial charge is 0.468 e. The predicted octanol–water partition coefficient (Wildman–Crippen LogP) is 1.21. The van der Waals surface area contributed by atoms with Crippen LogP contribution >= 0.6 is 0 Å². The van der Waals surface area contributed by atoms with Crippen LogP contribution in [0.1, 0.15) is 24.5 Å². The summed E-state index contributed by atoms with van der Waals surface area (Å²) in [6, 6.07) is 15.4. The van der Waals surface area contributed by atoms with Gasteiger partial charge in [-0.2, -0.15) is 0 Å². The fourth-order valence-electron chi connectivity index (χ4n) is 2.84. The highest BCUT2D eigenvalue weighted by atomic mass is 16.6. The van der Waals surface area contributed by atoms with Crippen molar-refractivity contribution in [1.29, 1.82) is 0 Å². The number of methoxy groups -OCH3 is 1. The lowest BCUT2D eigenvalue weighted by atomic mass is 10.1. The molecule has 2 atom stereocenters. The van der Waals surface area contributed by atoms with Crippen LogP contribution < -0.4 is 16.0 Å². The Morgan fingerprint density at radius 1 is 0.750 bits per heavy atom. The van der Waals surface area contributed by atoms with Crippen molar-refractivity contribution in [3.63, 3.8) is 0 Å². The van der Waals surface area contributed by atoms with Gasteiger partial charge in [-0.25, -0.2) is 4.79 Å². The van der Waals surface area contributed by atoms with Crippen molar-refractivity contribution in [2.45, 2.75) is 38.6 Å². The van der Waals surface area contributed by atoms with E-state index in [1.807, 2.05) is 12.1 Å². The van der Waals surface area contributed by atoms with Crippen molar-refractivity contribution in [2.75, 3.05) is 13.7 Å². The molecule has 0 heterocycles. The number of hydrogen-bond acceptors (Lipinski definition) is 8. The highest BCUT2D eigenvalue weighted by Crippen LogP contribution is 2.05. The van der Waals surface area contributed by atoms with E-state index in [9.17, 15) is 24.0 Å². The SMILES string of the molecule is COC(=O)CNC(=O)[C@@H](C)NC(=O)[C@@H](CC(=O)OCc1ccccc1)NC(=O)OCc1ccccc1. The molecule has 2 rings (SSSR count). The van der Waals surface area contributed by atoms with Crippen LogP contribution in [0.4, 0.5) is 4.79 Å². The molecule has 36 heavy (non-hydrogen) atoms. The van der Waals surface area contributed by atoms with E-state index in [0.29, 0.717) is 0 Å². The quantitative estimate of drug-likeness (QED) is 0.291. The molecular weight excluding hydrogens is 470 g/mol. The van der Waals surface area contributed by atoms with Crippen LogP contribution in [0.2, 0.25) is 0 Å². The standard InChI is InChI=1S/C25H29N3O8/c1-17(23(31)26-14-22(30)34-2)27-24(32)20(13-21(29)35-15-18-9-5-3-6-10-18)28-25(33)36-16-19-11-7-4-8-12-19/h3-12,17,20H,13-16H2,1-2H3,(H,26,31)(H,27,32)(H,28,33)/t17-,20-/m1/s1. The van der Waals surface area contributed by atoms with Gasteiger partial charge >= 0.3 is 18.0 Å². The molecule has 11 heteroatoms. The molecule has 0 unspecified atom stereocenters. The van der Waals surface area contributed by atoms with Gasteiger partial charge in [-0.1, -0.05) is 60.7 Å². The average molecular weight is 500 g/mol. The summed E-state index contributed by atoms with van der Waals surface area (Å²) in [5.41, 5.74) is 1.48. The molecule has 3 amide bonds. The van der Waals surface area contributed by atoms with E-state index < -0.39 is 48.4 Å². The molecule has 11 nitrogen and oxygen atoms in total. The summed E-state index contributed by atoms with van der Waals surface area (Å²) in [7, 11) is 1.17. The molecule has 0 aliphatic heterocycles. The number of ether oxygens (including phenoxy) is 3. The Hall–Kier alpha value is -4.41. The van der Waals surface area contributed by atoms with Crippen molar-refractivity contribution in [3.05, 3.63) is 71.8 Å². The number of amides is 3. The first-order valence-corrected chi connectivity index (χ1v) is 11.1. The second kappa shape index (κ2) is 14.8.